The lowest BCUT2D eigenvalue weighted by Gasteiger charge is -2.31. The number of ether oxygens (including phenoxy) is 1. The maximum absolute atomic E-state index is 11.4. The maximum Gasteiger partial charge on any atom is 0.218 e. The molecule has 2 rings (SSSR count). The summed E-state index contributed by atoms with van der Waals surface area (Å²) >= 11 is 0. The summed E-state index contributed by atoms with van der Waals surface area (Å²) in [6.07, 6.45) is 3.44. The fourth-order valence-electron chi connectivity index (χ4n) is 2.11. The van der Waals surface area contributed by atoms with Gasteiger partial charge in [-0.2, -0.15) is 0 Å². The van der Waals surface area contributed by atoms with Crippen molar-refractivity contribution in [1.29, 1.82) is 0 Å². The molecule has 1 saturated heterocycles. The molecule has 0 aliphatic carbocycles. The highest BCUT2D eigenvalue weighted by atomic mass is 32.2. The van der Waals surface area contributed by atoms with Gasteiger partial charge in [-0.05, 0) is 19.8 Å². The summed E-state index contributed by atoms with van der Waals surface area (Å²) in [7, 11) is 1.40. The summed E-state index contributed by atoms with van der Waals surface area (Å²) in [5, 5.41) is 0. The summed E-state index contributed by atoms with van der Waals surface area (Å²) in [6.45, 7) is 2.53. The van der Waals surface area contributed by atoms with Crippen molar-refractivity contribution in [2.75, 3.05) is 30.1 Å². The minimum Gasteiger partial charge on any atom is -0.478 e. The van der Waals surface area contributed by atoms with Crippen molar-refractivity contribution in [2.24, 2.45) is 0 Å². The van der Waals surface area contributed by atoms with E-state index in [4.69, 9.17) is 4.74 Å². The first-order valence-electron chi connectivity index (χ1n) is 6.23. The monoisotopic (exact) mass is 269 g/mol. The van der Waals surface area contributed by atoms with Gasteiger partial charge in [0.05, 0.1) is 6.61 Å². The van der Waals surface area contributed by atoms with Crippen molar-refractivity contribution in [1.82, 2.24) is 9.97 Å². The average Bonchev–Trinajstić information content (AvgIpc) is 2.39. The van der Waals surface area contributed by atoms with E-state index < -0.39 is 10.8 Å². The molecule has 0 bridgehead atoms. The highest BCUT2D eigenvalue weighted by Gasteiger charge is 2.22. The molecule has 5 nitrogen and oxygen atoms in total. The molecule has 6 heteroatoms. The van der Waals surface area contributed by atoms with Gasteiger partial charge in [-0.1, -0.05) is 0 Å². The van der Waals surface area contributed by atoms with Crippen molar-refractivity contribution < 1.29 is 8.95 Å². The number of aromatic nitrogens is 2. The standard InChI is InChI=1S/C12H19N3O2S/c1-3-17-12-8-11(13-9-14-12)15(2)10-4-6-18(16)7-5-10/h8-10H,3-7H2,1-2H3. The van der Waals surface area contributed by atoms with Crippen LogP contribution in [-0.4, -0.2) is 45.4 Å². The topological polar surface area (TPSA) is 55.3 Å². The van der Waals surface area contributed by atoms with E-state index in [1.807, 2.05) is 20.0 Å². The van der Waals surface area contributed by atoms with Crippen LogP contribution in [0.1, 0.15) is 19.8 Å². The van der Waals surface area contributed by atoms with Crippen molar-refractivity contribution in [2.45, 2.75) is 25.8 Å². The second-order valence-electron chi connectivity index (χ2n) is 4.34. The summed E-state index contributed by atoms with van der Waals surface area (Å²) in [5.74, 6) is 3.05. The third-order valence-corrected chi connectivity index (χ3v) is 4.57. The number of anilines is 1. The summed E-state index contributed by atoms with van der Waals surface area (Å²) in [4.78, 5) is 10.5. The predicted molar refractivity (Wildman–Crippen MR) is 72.5 cm³/mol. The molecule has 0 saturated carbocycles. The van der Waals surface area contributed by atoms with E-state index in [0.29, 0.717) is 18.5 Å². The minimum absolute atomic E-state index is 0.409. The molecule has 2 heterocycles. The van der Waals surface area contributed by atoms with Crippen molar-refractivity contribution in [3.05, 3.63) is 12.4 Å². The van der Waals surface area contributed by atoms with E-state index >= 15 is 0 Å². The summed E-state index contributed by atoms with van der Waals surface area (Å²) in [5.41, 5.74) is 0. The van der Waals surface area contributed by atoms with Crippen LogP contribution in [0.15, 0.2) is 12.4 Å². The second-order valence-corrected chi connectivity index (χ2v) is 6.03. The molecule has 1 fully saturated rings. The van der Waals surface area contributed by atoms with E-state index in [1.165, 1.54) is 6.33 Å². The van der Waals surface area contributed by atoms with E-state index in [0.717, 1.165) is 30.2 Å². The zero-order chi connectivity index (χ0) is 13.0. The molecule has 18 heavy (non-hydrogen) atoms. The number of hydrogen-bond acceptors (Lipinski definition) is 5. The zero-order valence-corrected chi connectivity index (χ0v) is 11.7. The third-order valence-electron chi connectivity index (χ3n) is 3.19. The van der Waals surface area contributed by atoms with Gasteiger partial charge in [0.1, 0.15) is 12.1 Å². The van der Waals surface area contributed by atoms with Gasteiger partial charge in [-0.25, -0.2) is 9.97 Å². The quantitative estimate of drug-likeness (QED) is 0.822. The van der Waals surface area contributed by atoms with E-state index in [-0.39, 0.29) is 0 Å². The van der Waals surface area contributed by atoms with Gasteiger partial charge in [0.15, 0.2) is 0 Å². The number of hydrogen-bond donors (Lipinski definition) is 0. The molecule has 0 aromatic carbocycles. The highest BCUT2D eigenvalue weighted by molar-refractivity contribution is 7.85. The molecule has 1 aromatic rings. The smallest absolute Gasteiger partial charge is 0.218 e. The van der Waals surface area contributed by atoms with Crippen LogP contribution in [-0.2, 0) is 10.8 Å². The highest BCUT2D eigenvalue weighted by Crippen LogP contribution is 2.22. The number of rotatable bonds is 4. The van der Waals surface area contributed by atoms with Crippen LogP contribution < -0.4 is 9.64 Å². The molecule has 0 spiro atoms. The molecule has 0 N–H and O–H groups in total. The van der Waals surface area contributed by atoms with Crippen LogP contribution in [0.3, 0.4) is 0 Å². The van der Waals surface area contributed by atoms with E-state index in [1.54, 1.807) is 0 Å². The Hall–Kier alpha value is -1.17. The Morgan fingerprint density at radius 3 is 2.83 bits per heavy atom. The molecule has 1 aliphatic rings. The van der Waals surface area contributed by atoms with E-state index in [9.17, 15) is 4.21 Å². The van der Waals surface area contributed by atoms with E-state index in [2.05, 4.69) is 14.9 Å². The molecule has 0 unspecified atom stereocenters. The number of nitrogens with zero attached hydrogens (tertiary/aromatic N) is 3. The van der Waals surface area contributed by atoms with Gasteiger partial charge in [0, 0.05) is 41.5 Å². The van der Waals surface area contributed by atoms with Crippen molar-refractivity contribution in [3.63, 3.8) is 0 Å². The summed E-state index contributed by atoms with van der Waals surface area (Å²) < 4.78 is 16.7. The molecule has 0 radical (unpaired) electrons. The van der Waals surface area contributed by atoms with Crippen LogP contribution in [0.25, 0.3) is 0 Å². The van der Waals surface area contributed by atoms with Crippen LogP contribution in [0.5, 0.6) is 5.88 Å². The first-order valence-corrected chi connectivity index (χ1v) is 7.72. The fourth-order valence-corrected chi connectivity index (χ4v) is 3.38. The molecule has 0 atom stereocenters. The Morgan fingerprint density at radius 2 is 2.17 bits per heavy atom. The van der Waals surface area contributed by atoms with Crippen molar-refractivity contribution in [3.8, 4) is 5.88 Å². The first kappa shape index (κ1) is 13.3. The molecule has 100 valence electrons. The SMILES string of the molecule is CCOc1cc(N(C)C2CCS(=O)CC2)ncn1. The van der Waals surface area contributed by atoms with Crippen LogP contribution in [0.2, 0.25) is 0 Å². The van der Waals surface area contributed by atoms with Crippen LogP contribution >= 0.6 is 0 Å². The zero-order valence-electron chi connectivity index (χ0n) is 10.8. The Balaban J connectivity index is 2.05. The van der Waals surface area contributed by atoms with Crippen LogP contribution in [0, 0.1) is 0 Å². The molecular weight excluding hydrogens is 250 g/mol. The molecule has 1 aliphatic heterocycles. The van der Waals surface area contributed by atoms with Crippen molar-refractivity contribution >= 4 is 16.6 Å². The Labute approximate surface area is 110 Å². The third kappa shape index (κ3) is 3.19. The minimum atomic E-state index is -0.625. The van der Waals surface area contributed by atoms with Gasteiger partial charge in [-0.15, -0.1) is 0 Å². The van der Waals surface area contributed by atoms with Gasteiger partial charge >= 0.3 is 0 Å². The predicted octanol–water partition coefficient (Wildman–Crippen LogP) is 1.22. The lowest BCUT2D eigenvalue weighted by Crippen LogP contribution is -2.37. The van der Waals surface area contributed by atoms with Gasteiger partial charge in [0.25, 0.3) is 0 Å². The Bertz CT molecular complexity index is 418. The first-order chi connectivity index (χ1) is 8.70. The Kier molecular flexibility index (Phi) is 4.52. The van der Waals surface area contributed by atoms with Gasteiger partial charge in [0.2, 0.25) is 5.88 Å². The largest absolute Gasteiger partial charge is 0.478 e. The fraction of sp³-hybridized carbons (Fsp3) is 0.667. The molecular formula is C12H19N3O2S. The van der Waals surface area contributed by atoms with Gasteiger partial charge in [-0.3, -0.25) is 4.21 Å². The molecule has 0 amide bonds. The average molecular weight is 269 g/mol. The molecule has 1 aromatic heterocycles. The summed E-state index contributed by atoms with van der Waals surface area (Å²) in [6, 6.07) is 2.27. The lowest BCUT2D eigenvalue weighted by molar-refractivity contribution is 0.326. The maximum atomic E-state index is 11.4. The van der Waals surface area contributed by atoms with Crippen LogP contribution in [0.4, 0.5) is 5.82 Å². The Morgan fingerprint density at radius 1 is 1.44 bits per heavy atom. The second kappa shape index (κ2) is 6.13. The normalized spacial score (nSPS) is 23.7. The van der Waals surface area contributed by atoms with Gasteiger partial charge < -0.3 is 9.64 Å². The lowest BCUT2D eigenvalue weighted by atomic mass is 10.1.